The molecule has 96 valence electrons. The van der Waals surface area contributed by atoms with E-state index in [1.165, 1.54) is 24.5 Å². The van der Waals surface area contributed by atoms with Gasteiger partial charge in [-0.05, 0) is 24.3 Å². The molecule has 0 aliphatic rings. The molecule has 2 heterocycles. The van der Waals surface area contributed by atoms with Crippen molar-refractivity contribution in [2.45, 2.75) is 6.11 Å². The zero-order chi connectivity index (χ0) is 13.3. The number of nitrogens with zero attached hydrogens (tertiary/aromatic N) is 2. The van der Waals surface area contributed by atoms with E-state index in [4.69, 9.17) is 0 Å². The van der Waals surface area contributed by atoms with E-state index < -0.39 is 6.11 Å². The predicted molar refractivity (Wildman–Crippen MR) is 68.4 cm³/mol. The number of hydrogen-bond donors (Lipinski definition) is 0. The molecule has 0 aliphatic heterocycles. The van der Waals surface area contributed by atoms with Crippen LogP contribution in [-0.2, 0) is 6.11 Å². The second-order valence-electron chi connectivity index (χ2n) is 3.79. The maximum atomic E-state index is 14.0. The molecular formula is C13H8F2N2OS. The number of pyridine rings is 1. The zero-order valence-corrected chi connectivity index (χ0v) is 10.4. The highest BCUT2D eigenvalue weighted by atomic mass is 32.1. The summed E-state index contributed by atoms with van der Waals surface area (Å²) < 4.78 is 33.3. The van der Waals surface area contributed by atoms with E-state index in [1.807, 2.05) is 0 Å². The third-order valence-corrected chi connectivity index (χ3v) is 3.51. The predicted octanol–water partition coefficient (Wildman–Crippen LogP) is 3.82. The summed E-state index contributed by atoms with van der Waals surface area (Å²) in [6, 6.07) is 9.93. The van der Waals surface area contributed by atoms with Gasteiger partial charge in [-0.25, -0.2) is 4.98 Å². The van der Waals surface area contributed by atoms with Crippen molar-refractivity contribution >= 4 is 21.6 Å². The standard InChI is InChI=1S/C13H8F2N2OS/c14-13(15,18-9-4-3-7-16-8-9)12-17-10-5-1-2-6-11(10)19-12/h1-8H. The first-order valence-corrected chi connectivity index (χ1v) is 6.30. The molecule has 0 atom stereocenters. The lowest BCUT2D eigenvalue weighted by Gasteiger charge is -2.14. The van der Waals surface area contributed by atoms with Crippen LogP contribution in [0.4, 0.5) is 8.78 Å². The minimum absolute atomic E-state index is 0.00626. The van der Waals surface area contributed by atoms with Crippen LogP contribution in [0.3, 0.4) is 0 Å². The molecule has 0 N–H and O–H groups in total. The van der Waals surface area contributed by atoms with E-state index in [0.717, 1.165) is 11.3 Å². The number of alkyl halides is 2. The number of benzene rings is 1. The van der Waals surface area contributed by atoms with Crippen molar-refractivity contribution in [3.63, 3.8) is 0 Å². The summed E-state index contributed by atoms with van der Waals surface area (Å²) in [7, 11) is 0. The highest BCUT2D eigenvalue weighted by Crippen LogP contribution is 2.35. The molecule has 0 saturated carbocycles. The lowest BCUT2D eigenvalue weighted by molar-refractivity contribution is -0.185. The molecule has 3 rings (SSSR count). The summed E-state index contributed by atoms with van der Waals surface area (Å²) in [4.78, 5) is 7.63. The van der Waals surface area contributed by atoms with Gasteiger partial charge >= 0.3 is 6.11 Å². The molecule has 0 spiro atoms. The highest BCUT2D eigenvalue weighted by molar-refractivity contribution is 7.18. The van der Waals surface area contributed by atoms with Gasteiger partial charge in [-0.2, -0.15) is 8.78 Å². The third kappa shape index (κ3) is 2.39. The second-order valence-corrected chi connectivity index (χ2v) is 4.82. The van der Waals surface area contributed by atoms with Crippen LogP contribution >= 0.6 is 11.3 Å². The van der Waals surface area contributed by atoms with E-state index in [9.17, 15) is 8.78 Å². The lowest BCUT2D eigenvalue weighted by Crippen LogP contribution is -2.21. The Kier molecular flexibility index (Phi) is 2.87. The third-order valence-electron chi connectivity index (χ3n) is 2.42. The molecule has 0 unspecified atom stereocenters. The first-order valence-electron chi connectivity index (χ1n) is 5.48. The fourth-order valence-electron chi connectivity index (χ4n) is 1.60. The molecule has 3 nitrogen and oxygen atoms in total. The highest BCUT2D eigenvalue weighted by Gasteiger charge is 2.38. The molecule has 0 saturated heterocycles. The number of halogens is 2. The fourth-order valence-corrected chi connectivity index (χ4v) is 2.47. The van der Waals surface area contributed by atoms with Gasteiger partial charge < -0.3 is 4.74 Å². The molecule has 0 radical (unpaired) electrons. The number of fused-ring (bicyclic) bond motifs is 1. The van der Waals surface area contributed by atoms with Crippen LogP contribution in [0.25, 0.3) is 10.2 Å². The summed E-state index contributed by atoms with van der Waals surface area (Å²) >= 11 is 0.917. The molecule has 19 heavy (non-hydrogen) atoms. The minimum Gasteiger partial charge on any atom is -0.425 e. The van der Waals surface area contributed by atoms with Crippen molar-refractivity contribution in [3.05, 3.63) is 53.8 Å². The first kappa shape index (κ1) is 12.0. The Balaban J connectivity index is 1.95. The van der Waals surface area contributed by atoms with Gasteiger partial charge in [0.1, 0.15) is 5.75 Å². The normalized spacial score (nSPS) is 11.7. The maximum absolute atomic E-state index is 14.0. The van der Waals surface area contributed by atoms with Crippen LogP contribution in [0, 0.1) is 0 Å². The molecule has 0 bridgehead atoms. The Labute approximate surface area is 111 Å². The van der Waals surface area contributed by atoms with Crippen molar-refractivity contribution < 1.29 is 13.5 Å². The summed E-state index contributed by atoms with van der Waals surface area (Å²) in [5.74, 6) is 0.00626. The number of para-hydroxylation sites is 1. The van der Waals surface area contributed by atoms with E-state index in [0.29, 0.717) is 10.2 Å². The van der Waals surface area contributed by atoms with E-state index >= 15 is 0 Å². The Hall–Kier alpha value is -2.08. The summed E-state index contributed by atoms with van der Waals surface area (Å²) in [5.41, 5.74) is 0.539. The smallest absolute Gasteiger partial charge is 0.425 e. The Morgan fingerprint density at radius 2 is 1.95 bits per heavy atom. The summed E-state index contributed by atoms with van der Waals surface area (Å²) in [6.07, 6.45) is -0.739. The van der Waals surface area contributed by atoms with Crippen molar-refractivity contribution in [2.24, 2.45) is 0 Å². The number of aromatic nitrogens is 2. The Morgan fingerprint density at radius 3 is 2.68 bits per heavy atom. The van der Waals surface area contributed by atoms with Crippen LogP contribution in [-0.4, -0.2) is 9.97 Å². The lowest BCUT2D eigenvalue weighted by atomic mass is 10.3. The van der Waals surface area contributed by atoms with Gasteiger partial charge in [-0.1, -0.05) is 12.1 Å². The molecule has 0 aliphatic carbocycles. The quantitative estimate of drug-likeness (QED) is 0.730. The number of hydrogen-bond acceptors (Lipinski definition) is 4. The molecule has 2 aromatic heterocycles. The van der Waals surface area contributed by atoms with Gasteiger partial charge in [-0.15, -0.1) is 11.3 Å². The fraction of sp³-hybridized carbons (Fsp3) is 0.0769. The number of ether oxygens (including phenoxy) is 1. The van der Waals surface area contributed by atoms with Crippen LogP contribution in [0.5, 0.6) is 5.75 Å². The second kappa shape index (κ2) is 4.55. The number of rotatable bonds is 3. The van der Waals surface area contributed by atoms with Crippen LogP contribution < -0.4 is 4.74 Å². The molecule has 0 amide bonds. The van der Waals surface area contributed by atoms with Crippen molar-refractivity contribution in [2.75, 3.05) is 0 Å². The summed E-state index contributed by atoms with van der Waals surface area (Å²) in [5, 5.41) is -0.363. The molecule has 1 aromatic carbocycles. The van der Waals surface area contributed by atoms with Gasteiger partial charge in [0.25, 0.3) is 0 Å². The topological polar surface area (TPSA) is 35.0 Å². The molecule has 3 aromatic rings. The van der Waals surface area contributed by atoms with E-state index in [-0.39, 0.29) is 10.8 Å². The largest absolute Gasteiger partial charge is 0.454 e. The Bertz CT molecular complexity index is 667. The number of thiazole rings is 1. The van der Waals surface area contributed by atoms with Gasteiger partial charge in [0.2, 0.25) is 5.01 Å². The minimum atomic E-state index is -3.47. The van der Waals surface area contributed by atoms with Crippen LogP contribution in [0.1, 0.15) is 5.01 Å². The zero-order valence-electron chi connectivity index (χ0n) is 9.59. The molecule has 6 heteroatoms. The average Bonchev–Trinajstić information content (AvgIpc) is 2.84. The van der Waals surface area contributed by atoms with Crippen LogP contribution in [0.15, 0.2) is 48.8 Å². The van der Waals surface area contributed by atoms with E-state index in [2.05, 4.69) is 14.7 Å². The maximum Gasteiger partial charge on any atom is 0.454 e. The first-order chi connectivity index (χ1) is 9.15. The SMILES string of the molecule is FC(F)(Oc1cccnc1)c1nc2ccccc2s1. The van der Waals surface area contributed by atoms with Crippen molar-refractivity contribution in [1.82, 2.24) is 9.97 Å². The molecular weight excluding hydrogens is 270 g/mol. The monoisotopic (exact) mass is 278 g/mol. The van der Waals surface area contributed by atoms with E-state index in [1.54, 1.807) is 24.3 Å². The van der Waals surface area contributed by atoms with Gasteiger partial charge in [0.05, 0.1) is 16.4 Å². The molecule has 0 fully saturated rings. The van der Waals surface area contributed by atoms with Crippen LogP contribution in [0.2, 0.25) is 0 Å². The van der Waals surface area contributed by atoms with Gasteiger partial charge in [0.15, 0.2) is 0 Å². The van der Waals surface area contributed by atoms with Gasteiger partial charge in [0, 0.05) is 6.20 Å². The van der Waals surface area contributed by atoms with Gasteiger partial charge in [-0.3, -0.25) is 4.98 Å². The van der Waals surface area contributed by atoms with Crippen molar-refractivity contribution in [3.8, 4) is 5.75 Å². The van der Waals surface area contributed by atoms with Crippen molar-refractivity contribution in [1.29, 1.82) is 0 Å². The summed E-state index contributed by atoms with van der Waals surface area (Å²) in [6.45, 7) is 0. The average molecular weight is 278 g/mol. The Morgan fingerprint density at radius 1 is 1.11 bits per heavy atom.